The number of hydrogen-bond donors (Lipinski definition) is 2. The van der Waals surface area contributed by atoms with Gasteiger partial charge in [-0.2, -0.15) is 0 Å². The fraction of sp³-hybridized carbons (Fsp3) is 0.0556. The Balaban J connectivity index is 2.25. The minimum atomic E-state index is -4.20. The first kappa shape index (κ1) is 19.4. The number of sulfonamides is 1. The van der Waals surface area contributed by atoms with Crippen LogP contribution >= 0.6 is 23.2 Å². The minimum Gasteiger partial charge on any atom is -0.293 e. The lowest BCUT2D eigenvalue weighted by atomic mass is 10.1. The number of nitrogens with two attached hydrogens (primary N) is 1. The van der Waals surface area contributed by atoms with Gasteiger partial charge in [0.05, 0.1) is 10.7 Å². The van der Waals surface area contributed by atoms with Crippen molar-refractivity contribution in [2.45, 2.75) is 4.90 Å². The normalized spacial score (nSPS) is 11.4. The lowest BCUT2D eigenvalue weighted by molar-refractivity contribution is -0.119. The molecule has 140 valence electrons. The Hall–Kier alpha value is -2.32. The van der Waals surface area contributed by atoms with E-state index < -0.39 is 22.5 Å². The van der Waals surface area contributed by atoms with Gasteiger partial charge in [-0.15, -0.1) is 0 Å². The predicted octanol–water partition coefficient (Wildman–Crippen LogP) is 3.33. The van der Waals surface area contributed by atoms with Crippen LogP contribution < -0.4 is 15.6 Å². The number of carbonyl (C=O) groups is 1. The summed E-state index contributed by atoms with van der Waals surface area (Å²) in [6.07, 6.45) is 0. The first-order valence-corrected chi connectivity index (χ1v) is 9.99. The van der Waals surface area contributed by atoms with Crippen LogP contribution in [0.4, 0.5) is 5.69 Å². The van der Waals surface area contributed by atoms with E-state index in [1.165, 1.54) is 18.2 Å². The van der Waals surface area contributed by atoms with Gasteiger partial charge < -0.3 is 0 Å². The molecule has 0 radical (unpaired) electrons. The molecule has 0 bridgehead atoms. The molecule has 9 heteroatoms. The molecule has 6 nitrogen and oxygen atoms in total. The molecule has 0 fully saturated rings. The number of nitrogens with one attached hydrogen (secondary N) is 1. The molecule has 0 aliphatic heterocycles. The quantitative estimate of drug-likeness (QED) is 0.373. The zero-order valence-corrected chi connectivity index (χ0v) is 16.2. The molecular weight excluding hydrogens is 409 g/mol. The highest BCUT2D eigenvalue weighted by molar-refractivity contribution is 7.93. The summed E-state index contributed by atoms with van der Waals surface area (Å²) in [5.74, 6) is 4.50. The van der Waals surface area contributed by atoms with Gasteiger partial charge in [-0.25, -0.2) is 14.3 Å². The summed E-state index contributed by atoms with van der Waals surface area (Å²) in [4.78, 5) is 11.8. The number of hydrogen-bond acceptors (Lipinski definition) is 4. The molecule has 27 heavy (non-hydrogen) atoms. The average molecular weight is 424 g/mol. The monoisotopic (exact) mass is 423 g/mol. The molecule has 3 rings (SSSR count). The maximum atomic E-state index is 13.4. The van der Waals surface area contributed by atoms with E-state index in [9.17, 15) is 13.2 Å². The number of anilines is 1. The summed E-state index contributed by atoms with van der Waals surface area (Å²) in [6.45, 7) is -0.518. The van der Waals surface area contributed by atoms with Gasteiger partial charge in [0, 0.05) is 10.4 Å². The van der Waals surface area contributed by atoms with Crippen LogP contribution in [0.5, 0.6) is 0 Å². The third kappa shape index (κ3) is 3.86. The van der Waals surface area contributed by atoms with Crippen molar-refractivity contribution >= 4 is 55.6 Å². The van der Waals surface area contributed by atoms with Crippen molar-refractivity contribution in [3.8, 4) is 0 Å². The predicted molar refractivity (Wildman–Crippen MR) is 107 cm³/mol. The zero-order valence-electron chi connectivity index (χ0n) is 13.9. The number of halogens is 2. The van der Waals surface area contributed by atoms with Crippen LogP contribution in [0.1, 0.15) is 0 Å². The lowest BCUT2D eigenvalue weighted by Gasteiger charge is -2.25. The lowest BCUT2D eigenvalue weighted by Crippen LogP contribution is -2.43. The molecule has 1 amide bonds. The zero-order chi connectivity index (χ0) is 19.6. The number of amides is 1. The molecule has 3 N–H and O–H groups in total. The number of benzene rings is 3. The summed E-state index contributed by atoms with van der Waals surface area (Å²) in [5.41, 5.74) is 2.29. The highest BCUT2D eigenvalue weighted by atomic mass is 35.5. The van der Waals surface area contributed by atoms with E-state index in [4.69, 9.17) is 29.0 Å². The summed E-state index contributed by atoms with van der Waals surface area (Å²) in [7, 11) is -4.20. The second kappa shape index (κ2) is 7.74. The van der Waals surface area contributed by atoms with E-state index >= 15 is 0 Å². The topological polar surface area (TPSA) is 92.5 Å². The van der Waals surface area contributed by atoms with Crippen molar-refractivity contribution in [3.05, 3.63) is 70.7 Å². The Bertz CT molecular complexity index is 1110. The Morgan fingerprint density at radius 3 is 2.48 bits per heavy atom. The molecule has 0 saturated carbocycles. The Morgan fingerprint density at radius 2 is 1.74 bits per heavy atom. The third-order valence-electron chi connectivity index (χ3n) is 3.94. The van der Waals surface area contributed by atoms with Crippen molar-refractivity contribution in [1.82, 2.24) is 5.43 Å². The van der Waals surface area contributed by atoms with E-state index in [1.807, 2.05) is 23.6 Å². The molecule has 0 aliphatic rings. The van der Waals surface area contributed by atoms with Crippen LogP contribution in [-0.4, -0.2) is 20.9 Å². The molecule has 0 heterocycles. The Labute approximate surface area is 166 Å². The molecule has 0 atom stereocenters. The summed E-state index contributed by atoms with van der Waals surface area (Å²) < 4.78 is 27.7. The van der Waals surface area contributed by atoms with Gasteiger partial charge in [0.25, 0.3) is 15.9 Å². The van der Waals surface area contributed by atoms with Crippen LogP contribution in [0.3, 0.4) is 0 Å². The van der Waals surface area contributed by atoms with E-state index in [0.29, 0.717) is 11.1 Å². The van der Waals surface area contributed by atoms with E-state index in [2.05, 4.69) is 0 Å². The van der Waals surface area contributed by atoms with Gasteiger partial charge in [-0.3, -0.25) is 14.5 Å². The highest BCUT2D eigenvalue weighted by Gasteiger charge is 2.30. The number of fused-ring (bicyclic) bond motifs is 1. The third-order valence-corrected chi connectivity index (χ3v) is 6.42. The van der Waals surface area contributed by atoms with Crippen molar-refractivity contribution in [3.63, 3.8) is 0 Å². The number of rotatable bonds is 5. The van der Waals surface area contributed by atoms with Gasteiger partial charge in [-0.05, 0) is 29.7 Å². The van der Waals surface area contributed by atoms with Crippen molar-refractivity contribution in [2.24, 2.45) is 5.84 Å². The fourth-order valence-corrected chi connectivity index (χ4v) is 4.88. The van der Waals surface area contributed by atoms with Crippen LogP contribution in [0.15, 0.2) is 65.6 Å². The van der Waals surface area contributed by atoms with Gasteiger partial charge in [0.1, 0.15) is 11.4 Å². The van der Waals surface area contributed by atoms with Crippen molar-refractivity contribution in [1.29, 1.82) is 0 Å². The van der Waals surface area contributed by atoms with Crippen molar-refractivity contribution < 1.29 is 13.2 Å². The molecule has 3 aromatic carbocycles. The number of nitrogens with zero attached hydrogens (tertiary/aromatic N) is 1. The number of carbonyl (C=O) groups excluding carboxylic acids is 1. The van der Waals surface area contributed by atoms with Crippen LogP contribution in [0, 0.1) is 0 Å². The molecule has 0 spiro atoms. The first-order chi connectivity index (χ1) is 12.8. The summed E-state index contributed by atoms with van der Waals surface area (Å²) in [6, 6.07) is 16.5. The molecule has 0 aliphatic carbocycles. The molecule has 3 aromatic rings. The minimum absolute atomic E-state index is 0.00204. The van der Waals surface area contributed by atoms with Crippen molar-refractivity contribution in [2.75, 3.05) is 10.8 Å². The SMILES string of the molecule is NNC(=O)CN(c1cccc2ccccc12)S(=O)(=O)c1cc(Cl)ccc1Cl. The van der Waals surface area contributed by atoms with Gasteiger partial charge in [0.2, 0.25) is 0 Å². The molecular formula is C18H15Cl2N3O3S. The standard InChI is InChI=1S/C18H15Cl2N3O3S/c19-13-8-9-15(20)17(10-13)27(25,26)23(11-18(24)22-21)16-7-3-5-12-4-1-2-6-14(12)16/h1-10H,11,21H2,(H,22,24). The van der Waals surface area contributed by atoms with E-state index in [1.54, 1.807) is 24.3 Å². The second-order valence-corrected chi connectivity index (χ2v) is 8.33. The fourth-order valence-electron chi connectivity index (χ4n) is 2.70. The molecule has 0 aromatic heterocycles. The first-order valence-electron chi connectivity index (χ1n) is 7.79. The highest BCUT2D eigenvalue weighted by Crippen LogP contribution is 2.34. The van der Waals surface area contributed by atoms with Crippen LogP contribution in [0.2, 0.25) is 10.0 Å². The average Bonchev–Trinajstić information content (AvgIpc) is 2.67. The number of hydrazine groups is 1. The second-order valence-electron chi connectivity index (χ2n) is 5.65. The molecule has 0 unspecified atom stereocenters. The van der Waals surface area contributed by atoms with Gasteiger partial charge in [0.15, 0.2) is 0 Å². The maximum Gasteiger partial charge on any atom is 0.266 e. The summed E-state index contributed by atoms with van der Waals surface area (Å²) >= 11 is 12.1. The molecule has 0 saturated heterocycles. The van der Waals surface area contributed by atoms with Gasteiger partial charge >= 0.3 is 0 Å². The van der Waals surface area contributed by atoms with Crippen LogP contribution in [-0.2, 0) is 14.8 Å². The maximum absolute atomic E-state index is 13.4. The smallest absolute Gasteiger partial charge is 0.266 e. The Kier molecular flexibility index (Phi) is 5.57. The van der Waals surface area contributed by atoms with E-state index in [0.717, 1.165) is 9.69 Å². The van der Waals surface area contributed by atoms with Gasteiger partial charge in [-0.1, -0.05) is 59.6 Å². The summed E-state index contributed by atoms with van der Waals surface area (Å²) in [5, 5.41) is 1.68. The Morgan fingerprint density at radius 1 is 1.04 bits per heavy atom. The van der Waals surface area contributed by atoms with E-state index in [-0.39, 0.29) is 14.9 Å². The largest absolute Gasteiger partial charge is 0.293 e. The van der Waals surface area contributed by atoms with Crippen LogP contribution in [0.25, 0.3) is 10.8 Å².